The lowest BCUT2D eigenvalue weighted by Crippen LogP contribution is -2.20. The van der Waals surface area contributed by atoms with Gasteiger partial charge in [0.05, 0.1) is 4.90 Å². The number of carbonyl (C=O) groups excluding carboxylic acids is 1. The van der Waals surface area contributed by atoms with E-state index in [0.717, 1.165) is 0 Å². The lowest BCUT2D eigenvalue weighted by molar-refractivity contribution is 0.103. The van der Waals surface area contributed by atoms with E-state index in [9.17, 15) is 13.2 Å². The molecule has 1 heterocycles. The SMILES string of the molecule is CNS(=O)(=O)c1cc(NC(=O)c2sccc2Br)ccc1C. The van der Waals surface area contributed by atoms with Gasteiger partial charge in [-0.15, -0.1) is 11.3 Å². The first-order valence-corrected chi connectivity index (χ1v) is 9.09. The van der Waals surface area contributed by atoms with Gasteiger partial charge in [0, 0.05) is 10.2 Å². The number of benzene rings is 1. The molecule has 112 valence electrons. The minimum absolute atomic E-state index is 0.146. The predicted octanol–water partition coefficient (Wildman–Crippen LogP) is 2.98. The van der Waals surface area contributed by atoms with E-state index in [1.807, 2.05) is 0 Å². The molecule has 0 radical (unpaired) electrons. The van der Waals surface area contributed by atoms with Crippen LogP contribution in [0.5, 0.6) is 0 Å². The number of rotatable bonds is 4. The van der Waals surface area contributed by atoms with Crippen molar-refractivity contribution >= 4 is 48.9 Å². The van der Waals surface area contributed by atoms with E-state index in [0.29, 0.717) is 20.6 Å². The zero-order valence-corrected chi connectivity index (χ0v) is 14.5. The topological polar surface area (TPSA) is 75.3 Å². The fourth-order valence-corrected chi connectivity index (χ4v) is 4.16. The van der Waals surface area contributed by atoms with Crippen LogP contribution in [0.4, 0.5) is 5.69 Å². The molecule has 21 heavy (non-hydrogen) atoms. The van der Waals surface area contributed by atoms with E-state index < -0.39 is 10.0 Å². The summed E-state index contributed by atoms with van der Waals surface area (Å²) in [5.74, 6) is -0.284. The number of thiophene rings is 1. The summed E-state index contributed by atoms with van der Waals surface area (Å²) in [4.78, 5) is 12.8. The van der Waals surface area contributed by atoms with Gasteiger partial charge in [0.1, 0.15) is 4.88 Å². The van der Waals surface area contributed by atoms with Crippen LogP contribution in [0.15, 0.2) is 39.0 Å². The summed E-state index contributed by atoms with van der Waals surface area (Å²) in [5.41, 5.74) is 1.04. The van der Waals surface area contributed by atoms with Crippen molar-refractivity contribution in [1.29, 1.82) is 0 Å². The molecule has 0 aliphatic rings. The number of sulfonamides is 1. The minimum atomic E-state index is -3.56. The Hall–Kier alpha value is -1.22. The van der Waals surface area contributed by atoms with Crippen molar-refractivity contribution in [1.82, 2.24) is 4.72 Å². The number of halogens is 1. The molecule has 0 saturated carbocycles. The number of hydrogen-bond acceptors (Lipinski definition) is 4. The Balaban J connectivity index is 2.33. The van der Waals surface area contributed by atoms with E-state index in [-0.39, 0.29) is 10.8 Å². The van der Waals surface area contributed by atoms with Crippen molar-refractivity contribution in [3.63, 3.8) is 0 Å². The van der Waals surface area contributed by atoms with Gasteiger partial charge in [-0.2, -0.15) is 0 Å². The zero-order valence-electron chi connectivity index (χ0n) is 11.3. The molecule has 0 saturated heterocycles. The Labute approximate surface area is 135 Å². The molecule has 8 heteroatoms. The fraction of sp³-hybridized carbons (Fsp3) is 0.154. The largest absolute Gasteiger partial charge is 0.321 e. The zero-order chi connectivity index (χ0) is 15.6. The maximum absolute atomic E-state index is 12.1. The standard InChI is InChI=1S/C13H13BrN2O3S2/c1-8-3-4-9(7-11(8)21(18,19)15-2)16-13(17)12-10(14)5-6-20-12/h3-7,15H,1-2H3,(H,16,17). The average Bonchev–Trinajstić information content (AvgIpc) is 2.87. The molecular weight excluding hydrogens is 376 g/mol. The number of hydrogen-bond donors (Lipinski definition) is 2. The smallest absolute Gasteiger partial charge is 0.266 e. The molecule has 0 unspecified atom stereocenters. The van der Waals surface area contributed by atoms with Crippen LogP contribution in [0.1, 0.15) is 15.2 Å². The van der Waals surface area contributed by atoms with E-state index in [2.05, 4.69) is 26.0 Å². The van der Waals surface area contributed by atoms with Crippen LogP contribution in [0.25, 0.3) is 0 Å². The first-order valence-electron chi connectivity index (χ1n) is 5.93. The van der Waals surface area contributed by atoms with Crippen molar-refractivity contribution < 1.29 is 13.2 Å². The van der Waals surface area contributed by atoms with Gasteiger partial charge in [0.25, 0.3) is 5.91 Å². The Morgan fingerprint density at radius 2 is 2.00 bits per heavy atom. The summed E-state index contributed by atoms with van der Waals surface area (Å²) in [5, 5.41) is 4.49. The second kappa shape index (κ2) is 6.27. The number of nitrogens with one attached hydrogen (secondary N) is 2. The molecule has 0 atom stereocenters. The van der Waals surface area contributed by atoms with Gasteiger partial charge >= 0.3 is 0 Å². The van der Waals surface area contributed by atoms with Crippen molar-refractivity contribution in [2.45, 2.75) is 11.8 Å². The number of amides is 1. The molecule has 2 aromatic rings. The Kier molecular flexibility index (Phi) is 4.82. The van der Waals surface area contributed by atoms with Crippen LogP contribution in [0, 0.1) is 6.92 Å². The highest BCUT2D eigenvalue weighted by atomic mass is 79.9. The highest BCUT2D eigenvalue weighted by Gasteiger charge is 2.17. The molecule has 1 aromatic heterocycles. The van der Waals surface area contributed by atoms with Gasteiger partial charge in [-0.3, -0.25) is 4.79 Å². The lowest BCUT2D eigenvalue weighted by atomic mass is 10.2. The van der Waals surface area contributed by atoms with Crippen LogP contribution < -0.4 is 10.0 Å². The summed E-state index contributed by atoms with van der Waals surface area (Å²) < 4.78 is 26.8. The third-order valence-electron chi connectivity index (χ3n) is 2.83. The fourth-order valence-electron chi connectivity index (χ4n) is 1.72. The quantitative estimate of drug-likeness (QED) is 0.844. The third kappa shape index (κ3) is 3.52. The van der Waals surface area contributed by atoms with E-state index >= 15 is 0 Å². The van der Waals surface area contributed by atoms with Gasteiger partial charge in [0.2, 0.25) is 10.0 Å². The molecule has 2 N–H and O–H groups in total. The molecule has 0 fully saturated rings. The van der Waals surface area contributed by atoms with Crippen LogP contribution in [0.3, 0.4) is 0 Å². The molecule has 2 rings (SSSR count). The summed E-state index contributed by atoms with van der Waals surface area (Å²) in [6, 6.07) is 6.55. The van der Waals surface area contributed by atoms with Crippen molar-refractivity contribution in [3.8, 4) is 0 Å². The molecule has 1 aromatic carbocycles. The van der Waals surface area contributed by atoms with Crippen molar-refractivity contribution in [2.75, 3.05) is 12.4 Å². The molecule has 0 aliphatic carbocycles. The Morgan fingerprint density at radius 3 is 2.57 bits per heavy atom. The molecule has 1 amide bonds. The molecule has 0 bridgehead atoms. The van der Waals surface area contributed by atoms with Gasteiger partial charge in [0.15, 0.2) is 0 Å². The Bertz CT molecular complexity index is 784. The van der Waals surface area contributed by atoms with Crippen LogP contribution in [0.2, 0.25) is 0 Å². The number of anilines is 1. The maximum atomic E-state index is 12.1. The summed E-state index contributed by atoms with van der Waals surface area (Å²) in [6.45, 7) is 1.70. The molecular formula is C13H13BrN2O3S2. The maximum Gasteiger partial charge on any atom is 0.266 e. The lowest BCUT2D eigenvalue weighted by Gasteiger charge is -2.10. The molecule has 5 nitrogen and oxygen atoms in total. The van der Waals surface area contributed by atoms with Crippen molar-refractivity contribution in [3.05, 3.63) is 44.6 Å². The van der Waals surface area contributed by atoms with E-state index in [1.165, 1.54) is 24.5 Å². The average molecular weight is 389 g/mol. The van der Waals surface area contributed by atoms with Gasteiger partial charge < -0.3 is 5.32 Å². The van der Waals surface area contributed by atoms with E-state index in [4.69, 9.17) is 0 Å². The second-order valence-corrected chi connectivity index (χ2v) is 7.87. The first-order chi connectivity index (χ1) is 9.85. The first kappa shape index (κ1) is 16.2. The summed E-state index contributed by atoms with van der Waals surface area (Å²) >= 11 is 4.60. The monoisotopic (exact) mass is 388 g/mol. The highest BCUT2D eigenvalue weighted by molar-refractivity contribution is 9.10. The summed E-state index contributed by atoms with van der Waals surface area (Å²) in [7, 11) is -2.21. The summed E-state index contributed by atoms with van der Waals surface area (Å²) in [6.07, 6.45) is 0. The highest BCUT2D eigenvalue weighted by Crippen LogP contribution is 2.25. The normalized spacial score (nSPS) is 11.4. The van der Waals surface area contributed by atoms with Crippen molar-refractivity contribution in [2.24, 2.45) is 0 Å². The third-order valence-corrected chi connectivity index (χ3v) is 6.22. The Morgan fingerprint density at radius 1 is 1.29 bits per heavy atom. The van der Waals surface area contributed by atoms with E-state index in [1.54, 1.807) is 30.5 Å². The van der Waals surface area contributed by atoms with Crippen LogP contribution >= 0.6 is 27.3 Å². The predicted molar refractivity (Wildman–Crippen MR) is 87.4 cm³/mol. The minimum Gasteiger partial charge on any atom is -0.321 e. The molecule has 0 aliphatic heterocycles. The van der Waals surface area contributed by atoms with Gasteiger partial charge in [-0.25, -0.2) is 13.1 Å². The number of aryl methyl sites for hydroxylation is 1. The second-order valence-electron chi connectivity index (χ2n) is 4.24. The molecule has 0 spiro atoms. The van der Waals surface area contributed by atoms with Crippen LogP contribution in [-0.4, -0.2) is 21.4 Å². The van der Waals surface area contributed by atoms with Gasteiger partial charge in [-0.1, -0.05) is 6.07 Å². The van der Waals surface area contributed by atoms with Crippen LogP contribution in [-0.2, 0) is 10.0 Å². The number of carbonyl (C=O) groups is 1. The van der Waals surface area contributed by atoms with Gasteiger partial charge in [-0.05, 0) is 59.0 Å².